The predicted molar refractivity (Wildman–Crippen MR) is 78.7 cm³/mol. The van der Waals surface area contributed by atoms with E-state index in [2.05, 4.69) is 9.88 Å². The summed E-state index contributed by atoms with van der Waals surface area (Å²) in [6.07, 6.45) is 6.44. The van der Waals surface area contributed by atoms with E-state index in [0.29, 0.717) is 0 Å². The molecule has 3 rings (SSSR count). The summed E-state index contributed by atoms with van der Waals surface area (Å²) < 4.78 is 0. The van der Waals surface area contributed by atoms with Gasteiger partial charge in [-0.25, -0.2) is 0 Å². The average Bonchev–Trinajstić information content (AvgIpc) is 2.68. The van der Waals surface area contributed by atoms with Crippen molar-refractivity contribution in [2.75, 3.05) is 13.1 Å². The van der Waals surface area contributed by atoms with Crippen LogP contribution in [-0.4, -0.2) is 34.0 Å². The van der Waals surface area contributed by atoms with Gasteiger partial charge in [0.2, 0.25) is 0 Å². The summed E-state index contributed by atoms with van der Waals surface area (Å²) >= 11 is 0. The van der Waals surface area contributed by atoms with E-state index in [4.69, 9.17) is 0 Å². The highest BCUT2D eigenvalue weighted by atomic mass is 16.4. The van der Waals surface area contributed by atoms with E-state index in [0.717, 1.165) is 42.4 Å². The number of H-pyrrole nitrogens is 1. The molecular weight excluding hydrogens is 252 g/mol. The molecule has 1 saturated heterocycles. The van der Waals surface area contributed by atoms with Crippen molar-refractivity contribution in [3.8, 4) is 0 Å². The van der Waals surface area contributed by atoms with E-state index in [1.54, 1.807) is 0 Å². The lowest BCUT2D eigenvalue weighted by molar-refractivity contribution is -0.143. The molecule has 0 bridgehead atoms. The lowest BCUT2D eigenvalue weighted by atomic mass is 10.0. The second kappa shape index (κ2) is 5.67. The molecule has 1 aliphatic heterocycles. The molecule has 1 aliphatic rings. The van der Waals surface area contributed by atoms with Crippen LogP contribution in [0.15, 0.2) is 30.5 Å². The van der Waals surface area contributed by atoms with Gasteiger partial charge in [-0.15, -0.1) is 0 Å². The summed E-state index contributed by atoms with van der Waals surface area (Å²) in [6.45, 7) is 1.74. The van der Waals surface area contributed by atoms with E-state index in [1.807, 2.05) is 30.5 Å². The Kier molecular flexibility index (Phi) is 3.74. The number of carbonyl (C=O) groups is 1. The SMILES string of the molecule is O=C(O)[C@H](c1c[nH]c2ccccc12)N1CCCCCC1. The molecule has 2 aromatic rings. The van der Waals surface area contributed by atoms with Gasteiger partial charge in [0.05, 0.1) is 0 Å². The highest BCUT2D eigenvalue weighted by Crippen LogP contribution is 2.30. The van der Waals surface area contributed by atoms with Crippen molar-refractivity contribution in [3.63, 3.8) is 0 Å². The third kappa shape index (κ3) is 2.43. The van der Waals surface area contributed by atoms with Crippen LogP contribution < -0.4 is 0 Å². The molecule has 0 saturated carbocycles. The second-order valence-corrected chi connectivity index (χ2v) is 5.48. The first-order valence-electron chi connectivity index (χ1n) is 7.30. The summed E-state index contributed by atoms with van der Waals surface area (Å²) in [5.74, 6) is -0.753. The van der Waals surface area contributed by atoms with Crippen molar-refractivity contribution in [2.45, 2.75) is 31.7 Å². The fourth-order valence-electron chi connectivity index (χ4n) is 3.16. The van der Waals surface area contributed by atoms with Gasteiger partial charge in [0.1, 0.15) is 6.04 Å². The molecule has 2 N–H and O–H groups in total. The molecule has 4 heteroatoms. The number of nitrogens with one attached hydrogen (secondary N) is 1. The molecular formula is C16H20N2O2. The number of benzene rings is 1. The molecule has 4 nitrogen and oxygen atoms in total. The predicted octanol–water partition coefficient (Wildman–Crippen LogP) is 3.17. The third-order valence-electron chi connectivity index (χ3n) is 4.16. The molecule has 0 spiro atoms. The quantitative estimate of drug-likeness (QED) is 0.902. The monoisotopic (exact) mass is 272 g/mol. The van der Waals surface area contributed by atoms with Gasteiger partial charge in [0, 0.05) is 22.7 Å². The van der Waals surface area contributed by atoms with E-state index in [-0.39, 0.29) is 0 Å². The number of hydrogen-bond donors (Lipinski definition) is 2. The molecule has 1 aromatic heterocycles. The Balaban J connectivity index is 1.99. The van der Waals surface area contributed by atoms with Crippen LogP contribution in [0.25, 0.3) is 10.9 Å². The van der Waals surface area contributed by atoms with Crippen LogP contribution in [0, 0.1) is 0 Å². The third-order valence-corrected chi connectivity index (χ3v) is 4.16. The molecule has 0 unspecified atom stereocenters. The van der Waals surface area contributed by atoms with Crippen LogP contribution in [0.1, 0.15) is 37.3 Å². The zero-order chi connectivity index (χ0) is 13.9. The zero-order valence-electron chi connectivity index (χ0n) is 11.5. The minimum atomic E-state index is -0.753. The Hall–Kier alpha value is -1.81. The molecule has 0 radical (unpaired) electrons. The van der Waals surface area contributed by atoms with Gasteiger partial charge < -0.3 is 10.1 Å². The van der Waals surface area contributed by atoms with Crippen molar-refractivity contribution >= 4 is 16.9 Å². The first-order chi connectivity index (χ1) is 9.77. The number of aromatic nitrogens is 1. The zero-order valence-corrected chi connectivity index (χ0v) is 11.5. The molecule has 0 amide bonds. The molecule has 106 valence electrons. The maximum Gasteiger partial charge on any atom is 0.325 e. The highest BCUT2D eigenvalue weighted by Gasteiger charge is 2.29. The van der Waals surface area contributed by atoms with E-state index in [1.165, 1.54) is 12.8 Å². The van der Waals surface area contributed by atoms with Crippen LogP contribution in [0.5, 0.6) is 0 Å². The lowest BCUT2D eigenvalue weighted by Crippen LogP contribution is -2.34. The van der Waals surface area contributed by atoms with Gasteiger partial charge in [-0.3, -0.25) is 9.69 Å². The number of hydrogen-bond acceptors (Lipinski definition) is 2. The van der Waals surface area contributed by atoms with Crippen molar-refractivity contribution in [2.24, 2.45) is 0 Å². The number of fused-ring (bicyclic) bond motifs is 1. The number of carboxylic acids is 1. The molecule has 2 heterocycles. The number of likely N-dealkylation sites (tertiary alicyclic amines) is 1. The van der Waals surface area contributed by atoms with Gasteiger partial charge in [-0.05, 0) is 32.0 Å². The number of aliphatic carboxylic acids is 1. The fraction of sp³-hybridized carbons (Fsp3) is 0.438. The van der Waals surface area contributed by atoms with Gasteiger partial charge in [-0.2, -0.15) is 0 Å². The van der Waals surface area contributed by atoms with Crippen LogP contribution in [0.2, 0.25) is 0 Å². The first-order valence-corrected chi connectivity index (χ1v) is 7.30. The fourth-order valence-corrected chi connectivity index (χ4v) is 3.16. The Morgan fingerprint density at radius 2 is 1.85 bits per heavy atom. The maximum atomic E-state index is 11.8. The lowest BCUT2D eigenvalue weighted by Gasteiger charge is -2.27. The summed E-state index contributed by atoms with van der Waals surface area (Å²) in [4.78, 5) is 17.1. The van der Waals surface area contributed by atoms with Crippen LogP contribution >= 0.6 is 0 Å². The van der Waals surface area contributed by atoms with E-state index in [9.17, 15) is 9.90 Å². The number of aromatic amines is 1. The normalized spacial score (nSPS) is 18.8. The maximum absolute atomic E-state index is 11.8. The number of nitrogens with zero attached hydrogens (tertiary/aromatic N) is 1. The smallest absolute Gasteiger partial charge is 0.325 e. The number of para-hydroxylation sites is 1. The minimum Gasteiger partial charge on any atom is -0.480 e. The van der Waals surface area contributed by atoms with Crippen molar-refractivity contribution in [3.05, 3.63) is 36.0 Å². The van der Waals surface area contributed by atoms with Crippen LogP contribution in [-0.2, 0) is 4.79 Å². The summed E-state index contributed by atoms with van der Waals surface area (Å²) in [7, 11) is 0. The van der Waals surface area contributed by atoms with Gasteiger partial charge in [0.15, 0.2) is 0 Å². The Morgan fingerprint density at radius 3 is 2.55 bits per heavy atom. The standard InChI is InChI=1S/C16H20N2O2/c19-16(20)15(18-9-5-1-2-6-10-18)13-11-17-14-8-4-3-7-12(13)14/h3-4,7-8,11,15,17H,1-2,5-6,9-10H2,(H,19,20)/t15-/m0/s1. The number of rotatable bonds is 3. The summed E-state index contributed by atoms with van der Waals surface area (Å²) in [5, 5.41) is 10.7. The van der Waals surface area contributed by atoms with Crippen molar-refractivity contribution < 1.29 is 9.90 Å². The molecule has 1 fully saturated rings. The summed E-state index contributed by atoms with van der Waals surface area (Å²) in [5.41, 5.74) is 1.89. The van der Waals surface area contributed by atoms with Crippen LogP contribution in [0.4, 0.5) is 0 Å². The van der Waals surface area contributed by atoms with E-state index < -0.39 is 12.0 Å². The molecule has 20 heavy (non-hydrogen) atoms. The molecule has 0 aliphatic carbocycles. The van der Waals surface area contributed by atoms with Crippen LogP contribution in [0.3, 0.4) is 0 Å². The Morgan fingerprint density at radius 1 is 1.15 bits per heavy atom. The molecule has 1 atom stereocenters. The van der Waals surface area contributed by atoms with Gasteiger partial charge in [0.25, 0.3) is 0 Å². The summed E-state index contributed by atoms with van der Waals surface area (Å²) in [6, 6.07) is 7.37. The molecule has 1 aromatic carbocycles. The highest BCUT2D eigenvalue weighted by molar-refractivity contribution is 5.89. The average molecular weight is 272 g/mol. The van der Waals surface area contributed by atoms with Crippen molar-refractivity contribution in [1.29, 1.82) is 0 Å². The Bertz CT molecular complexity index is 597. The Labute approximate surface area is 118 Å². The minimum absolute atomic E-state index is 0.538. The topological polar surface area (TPSA) is 56.3 Å². The van der Waals surface area contributed by atoms with E-state index >= 15 is 0 Å². The second-order valence-electron chi connectivity index (χ2n) is 5.48. The van der Waals surface area contributed by atoms with Gasteiger partial charge in [-0.1, -0.05) is 31.0 Å². The number of carboxylic acid groups (broad SMARTS) is 1. The van der Waals surface area contributed by atoms with Gasteiger partial charge >= 0.3 is 5.97 Å². The largest absolute Gasteiger partial charge is 0.480 e. The first kappa shape index (κ1) is 13.2. The van der Waals surface area contributed by atoms with Crippen molar-refractivity contribution in [1.82, 2.24) is 9.88 Å².